The summed E-state index contributed by atoms with van der Waals surface area (Å²) in [6.07, 6.45) is 0. The summed E-state index contributed by atoms with van der Waals surface area (Å²) in [7, 11) is -1.47. The van der Waals surface area contributed by atoms with E-state index in [0.717, 1.165) is 13.1 Å². The fourth-order valence-corrected chi connectivity index (χ4v) is 4.27. The van der Waals surface area contributed by atoms with Crippen molar-refractivity contribution in [1.29, 1.82) is 0 Å². The fraction of sp³-hybridized carbons (Fsp3) is 0.455. The summed E-state index contributed by atoms with van der Waals surface area (Å²) in [5.41, 5.74) is 6.11. The largest absolute Gasteiger partial charge is 0.399 e. The molecule has 100 valence electrons. The monoisotopic (exact) mass is 333 g/mol. The predicted octanol–water partition coefficient (Wildman–Crippen LogP) is 0.967. The van der Waals surface area contributed by atoms with Crippen LogP contribution in [0.5, 0.6) is 0 Å². The molecule has 0 atom stereocenters. The molecule has 18 heavy (non-hydrogen) atoms. The lowest BCUT2D eigenvalue weighted by Crippen LogP contribution is -2.47. The van der Waals surface area contributed by atoms with Crippen LogP contribution in [0.15, 0.2) is 27.6 Å². The Bertz CT molecular complexity index is 539. The van der Waals surface area contributed by atoms with E-state index in [4.69, 9.17) is 5.73 Å². The average molecular weight is 334 g/mol. The van der Waals surface area contributed by atoms with E-state index in [1.807, 2.05) is 7.05 Å². The lowest BCUT2D eigenvalue weighted by Gasteiger charge is -2.31. The van der Waals surface area contributed by atoms with Gasteiger partial charge in [-0.25, -0.2) is 8.42 Å². The second kappa shape index (κ2) is 5.16. The van der Waals surface area contributed by atoms with Gasteiger partial charge in [0.05, 0.1) is 4.90 Å². The van der Waals surface area contributed by atoms with Gasteiger partial charge in [0.1, 0.15) is 0 Å². The van der Waals surface area contributed by atoms with E-state index in [1.54, 1.807) is 12.1 Å². The van der Waals surface area contributed by atoms with Gasteiger partial charge < -0.3 is 10.6 Å². The van der Waals surface area contributed by atoms with Crippen molar-refractivity contribution in [3.63, 3.8) is 0 Å². The van der Waals surface area contributed by atoms with Crippen molar-refractivity contribution in [2.24, 2.45) is 0 Å². The van der Waals surface area contributed by atoms with E-state index in [0.29, 0.717) is 23.2 Å². The quantitative estimate of drug-likeness (QED) is 0.819. The molecule has 2 rings (SSSR count). The molecule has 0 saturated carbocycles. The molecule has 0 aromatic heterocycles. The third-order valence-corrected chi connectivity index (χ3v) is 5.93. The van der Waals surface area contributed by atoms with E-state index in [2.05, 4.69) is 20.8 Å². The molecule has 0 radical (unpaired) electrons. The molecule has 1 aromatic carbocycles. The molecular formula is C11H16BrN3O2S. The predicted molar refractivity (Wildman–Crippen MR) is 74.8 cm³/mol. The van der Waals surface area contributed by atoms with Gasteiger partial charge in [0.2, 0.25) is 10.0 Å². The summed E-state index contributed by atoms with van der Waals surface area (Å²) >= 11 is 3.27. The molecule has 7 heteroatoms. The lowest BCUT2D eigenvalue weighted by molar-refractivity contribution is 0.222. The number of rotatable bonds is 2. The number of nitrogens with zero attached hydrogens (tertiary/aromatic N) is 2. The molecule has 1 saturated heterocycles. The van der Waals surface area contributed by atoms with Gasteiger partial charge in [0, 0.05) is 36.3 Å². The second-order valence-electron chi connectivity index (χ2n) is 4.40. The van der Waals surface area contributed by atoms with E-state index in [9.17, 15) is 8.42 Å². The molecule has 0 unspecified atom stereocenters. The van der Waals surface area contributed by atoms with Gasteiger partial charge in [-0.1, -0.05) is 0 Å². The van der Waals surface area contributed by atoms with Gasteiger partial charge in [-0.15, -0.1) is 0 Å². The number of hydrogen-bond donors (Lipinski definition) is 1. The Labute approximate surface area is 116 Å². The normalized spacial score (nSPS) is 19.0. The highest BCUT2D eigenvalue weighted by atomic mass is 79.9. The van der Waals surface area contributed by atoms with Crippen LogP contribution < -0.4 is 5.73 Å². The van der Waals surface area contributed by atoms with Crippen molar-refractivity contribution >= 4 is 31.6 Å². The first-order valence-electron chi connectivity index (χ1n) is 5.65. The number of likely N-dealkylation sites (N-methyl/N-ethyl adjacent to an activating group) is 1. The highest BCUT2D eigenvalue weighted by Gasteiger charge is 2.29. The summed E-state index contributed by atoms with van der Waals surface area (Å²) in [5, 5.41) is 0. The van der Waals surface area contributed by atoms with Gasteiger partial charge in [0.15, 0.2) is 0 Å². The van der Waals surface area contributed by atoms with Gasteiger partial charge >= 0.3 is 0 Å². The highest BCUT2D eigenvalue weighted by Crippen LogP contribution is 2.27. The van der Waals surface area contributed by atoms with Crippen molar-refractivity contribution in [1.82, 2.24) is 9.21 Å². The summed E-state index contributed by atoms with van der Waals surface area (Å²) in [6.45, 7) is 2.53. The number of nitrogen functional groups attached to an aromatic ring is 1. The number of hydrogen-bond acceptors (Lipinski definition) is 4. The van der Waals surface area contributed by atoms with Crippen LogP contribution >= 0.6 is 15.9 Å². The Balaban J connectivity index is 2.33. The molecule has 1 heterocycles. The van der Waals surface area contributed by atoms with E-state index in [-0.39, 0.29) is 4.90 Å². The molecule has 5 nitrogen and oxygen atoms in total. The summed E-state index contributed by atoms with van der Waals surface area (Å²) in [5.74, 6) is 0. The molecule has 1 aliphatic heterocycles. The zero-order chi connectivity index (χ0) is 13.3. The number of piperazine rings is 1. The van der Waals surface area contributed by atoms with Crippen LogP contribution in [0.4, 0.5) is 5.69 Å². The molecular weight excluding hydrogens is 318 g/mol. The Kier molecular flexibility index (Phi) is 3.96. The Morgan fingerprint density at radius 1 is 1.22 bits per heavy atom. The minimum Gasteiger partial charge on any atom is -0.399 e. The molecule has 1 aliphatic rings. The lowest BCUT2D eigenvalue weighted by atomic mass is 10.3. The molecule has 0 aliphatic carbocycles. The second-order valence-corrected chi connectivity index (χ2v) is 7.16. The molecule has 0 spiro atoms. The van der Waals surface area contributed by atoms with Crippen molar-refractivity contribution in [3.05, 3.63) is 22.7 Å². The number of anilines is 1. The van der Waals surface area contributed by atoms with E-state index in [1.165, 1.54) is 10.4 Å². The minimum atomic E-state index is -3.46. The SMILES string of the molecule is CN1CCN(S(=O)(=O)c2cc(N)ccc2Br)CC1. The zero-order valence-electron chi connectivity index (χ0n) is 10.1. The fourth-order valence-electron chi connectivity index (χ4n) is 1.89. The van der Waals surface area contributed by atoms with Crippen molar-refractivity contribution in [2.75, 3.05) is 39.0 Å². The van der Waals surface area contributed by atoms with Crippen LogP contribution in [-0.2, 0) is 10.0 Å². The molecule has 2 N–H and O–H groups in total. The Hall–Kier alpha value is -0.630. The summed E-state index contributed by atoms with van der Waals surface area (Å²) in [4.78, 5) is 2.35. The van der Waals surface area contributed by atoms with Crippen molar-refractivity contribution in [2.45, 2.75) is 4.90 Å². The van der Waals surface area contributed by atoms with Gasteiger partial charge in [-0.2, -0.15) is 4.31 Å². The Morgan fingerprint density at radius 3 is 2.44 bits per heavy atom. The maximum Gasteiger partial charge on any atom is 0.244 e. The van der Waals surface area contributed by atoms with Gasteiger partial charge in [0.25, 0.3) is 0 Å². The maximum absolute atomic E-state index is 12.5. The Morgan fingerprint density at radius 2 is 1.83 bits per heavy atom. The average Bonchev–Trinajstić information content (AvgIpc) is 2.32. The summed E-state index contributed by atoms with van der Waals surface area (Å²) in [6, 6.07) is 4.84. The zero-order valence-corrected chi connectivity index (χ0v) is 12.5. The van der Waals surface area contributed by atoms with Crippen LogP contribution in [0.1, 0.15) is 0 Å². The van der Waals surface area contributed by atoms with Crippen LogP contribution in [0.3, 0.4) is 0 Å². The number of benzene rings is 1. The van der Waals surface area contributed by atoms with E-state index >= 15 is 0 Å². The maximum atomic E-state index is 12.5. The molecule has 0 amide bonds. The standard InChI is InChI=1S/C11H16BrN3O2S/c1-14-4-6-15(7-5-14)18(16,17)11-8-9(13)2-3-10(11)12/h2-3,8H,4-7,13H2,1H3. The first-order valence-corrected chi connectivity index (χ1v) is 7.88. The highest BCUT2D eigenvalue weighted by molar-refractivity contribution is 9.10. The summed E-state index contributed by atoms with van der Waals surface area (Å²) < 4.78 is 27.0. The van der Waals surface area contributed by atoms with Crippen LogP contribution in [0, 0.1) is 0 Å². The topological polar surface area (TPSA) is 66.6 Å². The van der Waals surface area contributed by atoms with Gasteiger partial charge in [-0.05, 0) is 41.2 Å². The molecule has 1 fully saturated rings. The number of sulfonamides is 1. The van der Waals surface area contributed by atoms with Crippen molar-refractivity contribution in [3.8, 4) is 0 Å². The first-order chi connectivity index (χ1) is 8.41. The van der Waals surface area contributed by atoms with Crippen molar-refractivity contribution < 1.29 is 8.42 Å². The number of nitrogens with two attached hydrogens (primary N) is 1. The minimum absolute atomic E-state index is 0.243. The van der Waals surface area contributed by atoms with Crippen LogP contribution in [0.25, 0.3) is 0 Å². The number of halogens is 1. The smallest absolute Gasteiger partial charge is 0.244 e. The third-order valence-electron chi connectivity index (χ3n) is 3.04. The van der Waals surface area contributed by atoms with Gasteiger partial charge in [-0.3, -0.25) is 0 Å². The molecule has 1 aromatic rings. The third kappa shape index (κ3) is 2.69. The molecule has 0 bridgehead atoms. The van der Waals surface area contributed by atoms with Crippen LogP contribution in [-0.4, -0.2) is 50.8 Å². The van der Waals surface area contributed by atoms with E-state index < -0.39 is 10.0 Å². The van der Waals surface area contributed by atoms with Crippen LogP contribution in [0.2, 0.25) is 0 Å². The first kappa shape index (κ1) is 13.8.